The van der Waals surface area contributed by atoms with Gasteiger partial charge in [0.15, 0.2) is 15.8 Å². The minimum absolute atomic E-state index is 0.0269. The Balaban J connectivity index is 2.51. The molecule has 0 saturated heterocycles. The zero-order chi connectivity index (χ0) is 17.9. The van der Waals surface area contributed by atoms with Crippen molar-refractivity contribution in [3.8, 4) is 11.5 Å². The van der Waals surface area contributed by atoms with Crippen molar-refractivity contribution in [2.45, 2.75) is 11.8 Å². The first-order valence-electron chi connectivity index (χ1n) is 6.75. The Morgan fingerprint density at radius 2 is 1.92 bits per heavy atom. The molecule has 1 aromatic heterocycles. The van der Waals surface area contributed by atoms with Crippen molar-refractivity contribution < 1.29 is 17.9 Å². The fourth-order valence-electron chi connectivity index (χ4n) is 1.87. The van der Waals surface area contributed by atoms with Crippen LogP contribution in [0.3, 0.4) is 0 Å². The molecule has 0 aliphatic heterocycles. The minimum Gasteiger partial charge on any atom is -0.454 e. The van der Waals surface area contributed by atoms with Crippen LogP contribution in [0.15, 0.2) is 46.5 Å². The zero-order valence-electron chi connectivity index (χ0n) is 13.1. The summed E-state index contributed by atoms with van der Waals surface area (Å²) in [5.74, 6) is -0.670. The minimum atomic E-state index is -3.66. The fraction of sp³-hybridized carbons (Fsp3) is 0.133. The quantitative estimate of drug-likeness (QED) is 0.621. The summed E-state index contributed by atoms with van der Waals surface area (Å²) in [5, 5.41) is 0. The van der Waals surface area contributed by atoms with Crippen molar-refractivity contribution in [1.82, 2.24) is 4.98 Å². The van der Waals surface area contributed by atoms with Crippen LogP contribution in [0, 0.1) is 6.92 Å². The molecule has 24 heavy (non-hydrogen) atoms. The first-order valence-corrected chi connectivity index (χ1v) is 8.64. The highest BCUT2D eigenvalue weighted by atomic mass is 32.2. The third kappa shape index (κ3) is 4.07. The van der Waals surface area contributed by atoms with E-state index < -0.39 is 21.7 Å². The van der Waals surface area contributed by atoms with Crippen molar-refractivity contribution in [2.75, 3.05) is 6.26 Å². The Hall–Kier alpha value is -2.94. The molecule has 0 atom stereocenters. The van der Waals surface area contributed by atoms with Crippen molar-refractivity contribution >= 4 is 21.7 Å². The molecule has 0 saturated carbocycles. The van der Waals surface area contributed by atoms with Gasteiger partial charge in [-0.1, -0.05) is 0 Å². The summed E-state index contributed by atoms with van der Waals surface area (Å²) in [6, 6.07) is 5.65. The molecule has 8 nitrogen and oxygen atoms in total. The summed E-state index contributed by atoms with van der Waals surface area (Å²) in [6.45, 7) is 1.80. The highest BCUT2D eigenvalue weighted by Gasteiger charge is 2.19. The van der Waals surface area contributed by atoms with Crippen LogP contribution < -0.4 is 16.2 Å². The molecule has 126 valence electrons. The standard InChI is InChI=1S/C15H16N4O4S/c1-9-5-6-18-8-12(9)23-11-4-3-10(14(20)19-15(16)17)7-13(11)24(2,21)22/h3-8H,1-2H3,(H4,16,17,19,20). The van der Waals surface area contributed by atoms with Gasteiger partial charge in [0.1, 0.15) is 16.4 Å². The van der Waals surface area contributed by atoms with Gasteiger partial charge in [0, 0.05) is 18.0 Å². The summed E-state index contributed by atoms with van der Waals surface area (Å²) < 4.78 is 29.7. The van der Waals surface area contributed by atoms with Crippen LogP contribution in [0.1, 0.15) is 15.9 Å². The van der Waals surface area contributed by atoms with Crippen LogP contribution in [0.5, 0.6) is 11.5 Å². The molecular weight excluding hydrogens is 332 g/mol. The van der Waals surface area contributed by atoms with Gasteiger partial charge in [0.05, 0.1) is 6.20 Å². The molecule has 1 aromatic carbocycles. The second-order valence-electron chi connectivity index (χ2n) is 5.02. The molecule has 1 amide bonds. The van der Waals surface area contributed by atoms with Crippen LogP contribution >= 0.6 is 0 Å². The monoisotopic (exact) mass is 348 g/mol. The predicted molar refractivity (Wildman–Crippen MR) is 88.7 cm³/mol. The molecule has 0 aliphatic rings. The van der Waals surface area contributed by atoms with E-state index in [1.165, 1.54) is 24.4 Å². The summed E-state index contributed by atoms with van der Waals surface area (Å²) in [7, 11) is -3.66. The summed E-state index contributed by atoms with van der Waals surface area (Å²) in [4.78, 5) is 19.0. The number of amides is 1. The zero-order valence-corrected chi connectivity index (χ0v) is 13.9. The number of aryl methyl sites for hydroxylation is 1. The van der Waals surface area contributed by atoms with Gasteiger partial charge in [-0.05, 0) is 36.8 Å². The molecule has 0 spiro atoms. The van der Waals surface area contributed by atoms with Crippen LogP contribution in [-0.4, -0.2) is 31.5 Å². The van der Waals surface area contributed by atoms with Crippen molar-refractivity contribution in [3.05, 3.63) is 47.8 Å². The molecule has 0 bridgehead atoms. The number of hydrogen-bond acceptors (Lipinski definition) is 5. The number of rotatable bonds is 4. The van der Waals surface area contributed by atoms with Gasteiger partial charge in [-0.2, -0.15) is 4.99 Å². The Morgan fingerprint density at radius 1 is 1.21 bits per heavy atom. The molecule has 2 aromatic rings. The molecule has 0 aliphatic carbocycles. The first kappa shape index (κ1) is 17.4. The number of benzene rings is 1. The van der Waals surface area contributed by atoms with Gasteiger partial charge in [-0.3, -0.25) is 9.78 Å². The van der Waals surface area contributed by atoms with E-state index in [4.69, 9.17) is 16.2 Å². The molecule has 2 rings (SSSR count). The topological polar surface area (TPSA) is 138 Å². The van der Waals surface area contributed by atoms with Crippen molar-refractivity contribution in [3.63, 3.8) is 0 Å². The lowest BCUT2D eigenvalue weighted by atomic mass is 10.2. The number of hydrogen-bond donors (Lipinski definition) is 2. The second-order valence-corrected chi connectivity index (χ2v) is 7.00. The summed E-state index contributed by atoms with van der Waals surface area (Å²) in [6.07, 6.45) is 4.08. The third-order valence-electron chi connectivity index (χ3n) is 3.03. The number of carbonyl (C=O) groups excluding carboxylic acids is 1. The number of sulfone groups is 1. The molecule has 4 N–H and O–H groups in total. The van der Waals surface area contributed by atoms with Crippen LogP contribution in [0.25, 0.3) is 0 Å². The molecule has 0 unspecified atom stereocenters. The van der Waals surface area contributed by atoms with E-state index in [1.807, 2.05) is 0 Å². The van der Waals surface area contributed by atoms with E-state index in [-0.39, 0.29) is 16.2 Å². The molecule has 9 heteroatoms. The van der Waals surface area contributed by atoms with Crippen LogP contribution in [0.2, 0.25) is 0 Å². The van der Waals surface area contributed by atoms with E-state index >= 15 is 0 Å². The molecule has 0 radical (unpaired) electrons. The number of nitrogens with two attached hydrogens (primary N) is 2. The van der Waals surface area contributed by atoms with E-state index in [9.17, 15) is 13.2 Å². The Labute approximate surface area is 139 Å². The average Bonchev–Trinajstić information content (AvgIpc) is 2.48. The predicted octanol–water partition coefficient (Wildman–Crippen LogP) is 0.999. The molecule has 1 heterocycles. The first-order chi connectivity index (χ1) is 11.2. The van der Waals surface area contributed by atoms with Gasteiger partial charge in [0.25, 0.3) is 5.91 Å². The molecular formula is C15H16N4O4S. The normalized spacial score (nSPS) is 10.9. The lowest BCUT2D eigenvalue weighted by molar-refractivity contribution is 0.100. The van der Waals surface area contributed by atoms with E-state index in [2.05, 4.69) is 9.98 Å². The van der Waals surface area contributed by atoms with E-state index in [0.717, 1.165) is 11.8 Å². The van der Waals surface area contributed by atoms with Crippen LogP contribution in [0.4, 0.5) is 0 Å². The second kappa shape index (κ2) is 6.67. The average molecular weight is 348 g/mol. The van der Waals surface area contributed by atoms with E-state index in [1.54, 1.807) is 19.2 Å². The number of pyridine rings is 1. The molecule has 0 fully saturated rings. The van der Waals surface area contributed by atoms with Gasteiger partial charge in [0.2, 0.25) is 0 Å². The number of nitrogens with zero attached hydrogens (tertiary/aromatic N) is 2. The fourth-order valence-corrected chi connectivity index (χ4v) is 2.69. The highest BCUT2D eigenvalue weighted by Crippen LogP contribution is 2.31. The van der Waals surface area contributed by atoms with Gasteiger partial charge < -0.3 is 16.2 Å². The SMILES string of the molecule is Cc1ccncc1Oc1ccc(C(=O)N=C(N)N)cc1S(C)(=O)=O. The van der Waals surface area contributed by atoms with Gasteiger partial charge in [-0.25, -0.2) is 8.42 Å². The lowest BCUT2D eigenvalue weighted by Gasteiger charge is -2.12. The largest absolute Gasteiger partial charge is 0.454 e. The Bertz CT molecular complexity index is 919. The lowest BCUT2D eigenvalue weighted by Crippen LogP contribution is -2.24. The third-order valence-corrected chi connectivity index (χ3v) is 4.15. The summed E-state index contributed by atoms with van der Waals surface area (Å²) >= 11 is 0. The number of ether oxygens (including phenoxy) is 1. The van der Waals surface area contributed by atoms with Crippen molar-refractivity contribution in [2.24, 2.45) is 16.5 Å². The maximum Gasteiger partial charge on any atom is 0.280 e. The summed E-state index contributed by atoms with van der Waals surface area (Å²) in [5.41, 5.74) is 11.1. The highest BCUT2D eigenvalue weighted by molar-refractivity contribution is 7.90. The maximum absolute atomic E-state index is 12.0. The number of aromatic nitrogens is 1. The van der Waals surface area contributed by atoms with Gasteiger partial charge in [-0.15, -0.1) is 0 Å². The maximum atomic E-state index is 12.0. The van der Waals surface area contributed by atoms with Gasteiger partial charge >= 0.3 is 0 Å². The number of guanidine groups is 1. The van der Waals surface area contributed by atoms with Crippen LogP contribution in [-0.2, 0) is 9.84 Å². The van der Waals surface area contributed by atoms with E-state index in [0.29, 0.717) is 5.75 Å². The Morgan fingerprint density at radius 3 is 2.50 bits per heavy atom. The Kier molecular flexibility index (Phi) is 4.84. The smallest absolute Gasteiger partial charge is 0.280 e. The van der Waals surface area contributed by atoms with Crippen molar-refractivity contribution in [1.29, 1.82) is 0 Å². The number of aliphatic imine (C=N–C) groups is 1. The number of carbonyl (C=O) groups is 1.